The van der Waals surface area contributed by atoms with Gasteiger partial charge in [0.15, 0.2) is 5.82 Å². The van der Waals surface area contributed by atoms with Crippen molar-refractivity contribution >= 4 is 5.69 Å². The molecule has 120 valence electrons. The molecule has 0 aliphatic carbocycles. The number of nitrogen functional groups attached to an aromatic ring is 1. The summed E-state index contributed by atoms with van der Waals surface area (Å²) in [6.07, 6.45) is 0. The van der Waals surface area contributed by atoms with E-state index in [2.05, 4.69) is 24.3 Å². The Morgan fingerprint density at radius 3 is 1.56 bits per heavy atom. The van der Waals surface area contributed by atoms with E-state index < -0.39 is 0 Å². The first-order valence-corrected chi connectivity index (χ1v) is 8.15. The molecule has 25 heavy (non-hydrogen) atoms. The van der Waals surface area contributed by atoms with Gasteiger partial charge in [0.1, 0.15) is 0 Å². The lowest BCUT2D eigenvalue weighted by Crippen LogP contribution is -1.96. The quantitative estimate of drug-likeness (QED) is 0.536. The van der Waals surface area contributed by atoms with Gasteiger partial charge in [-0.3, -0.25) is 0 Å². The zero-order chi connectivity index (χ0) is 17.1. The van der Waals surface area contributed by atoms with E-state index in [0.717, 1.165) is 28.1 Å². The molecule has 0 saturated heterocycles. The molecule has 0 bridgehead atoms. The summed E-state index contributed by atoms with van der Waals surface area (Å²) in [5.41, 5.74) is 11.5. The molecule has 4 rings (SSSR count). The van der Waals surface area contributed by atoms with Crippen molar-refractivity contribution < 1.29 is 0 Å². The number of aromatic nitrogens is 2. The molecule has 3 heteroatoms. The predicted molar refractivity (Wildman–Crippen MR) is 103 cm³/mol. The average Bonchev–Trinajstić information content (AvgIpc) is 2.69. The maximum absolute atomic E-state index is 5.94. The molecule has 0 atom stereocenters. The summed E-state index contributed by atoms with van der Waals surface area (Å²) < 4.78 is 0. The minimum atomic E-state index is 0.674. The van der Waals surface area contributed by atoms with Crippen molar-refractivity contribution in [1.82, 2.24) is 9.97 Å². The summed E-state index contributed by atoms with van der Waals surface area (Å²) in [5.74, 6) is 0.674. The van der Waals surface area contributed by atoms with Crippen molar-refractivity contribution in [2.24, 2.45) is 0 Å². The number of anilines is 1. The molecular weight excluding hydrogens is 306 g/mol. The van der Waals surface area contributed by atoms with Crippen molar-refractivity contribution in [2.75, 3.05) is 5.73 Å². The molecule has 1 aromatic heterocycles. The number of rotatable bonds is 3. The Hall–Kier alpha value is -3.46. The van der Waals surface area contributed by atoms with Crippen LogP contribution in [-0.2, 0) is 0 Å². The second-order valence-electron chi connectivity index (χ2n) is 5.82. The minimum absolute atomic E-state index is 0.674. The zero-order valence-electron chi connectivity index (χ0n) is 13.6. The van der Waals surface area contributed by atoms with Gasteiger partial charge in [-0.05, 0) is 18.2 Å². The lowest BCUT2D eigenvalue weighted by atomic mass is 10.1. The third-order valence-corrected chi connectivity index (χ3v) is 4.01. The van der Waals surface area contributed by atoms with Gasteiger partial charge < -0.3 is 5.73 Å². The SMILES string of the molecule is Nc1cccc(-c2nc(-c3ccccc3)cc(-c3ccccc3)n2)c1. The third kappa shape index (κ3) is 3.26. The van der Waals surface area contributed by atoms with Crippen LogP contribution in [0.15, 0.2) is 91.0 Å². The highest BCUT2D eigenvalue weighted by molar-refractivity contribution is 5.72. The normalized spacial score (nSPS) is 10.6. The van der Waals surface area contributed by atoms with E-state index in [1.165, 1.54) is 0 Å². The van der Waals surface area contributed by atoms with E-state index in [9.17, 15) is 0 Å². The lowest BCUT2D eigenvalue weighted by molar-refractivity contribution is 1.18. The first-order valence-electron chi connectivity index (χ1n) is 8.15. The predicted octanol–water partition coefficient (Wildman–Crippen LogP) is 5.06. The molecule has 3 nitrogen and oxygen atoms in total. The standard InChI is InChI=1S/C22H17N3/c23-19-13-7-12-18(14-19)22-24-20(16-8-3-1-4-9-16)15-21(25-22)17-10-5-2-6-11-17/h1-15H,23H2. The second-order valence-corrected chi connectivity index (χ2v) is 5.82. The van der Waals surface area contributed by atoms with Gasteiger partial charge >= 0.3 is 0 Å². The van der Waals surface area contributed by atoms with Crippen LogP contribution < -0.4 is 5.73 Å². The molecule has 0 saturated carbocycles. The highest BCUT2D eigenvalue weighted by Crippen LogP contribution is 2.27. The molecule has 0 aliphatic rings. The molecule has 0 radical (unpaired) electrons. The topological polar surface area (TPSA) is 51.8 Å². The highest BCUT2D eigenvalue weighted by Gasteiger charge is 2.10. The van der Waals surface area contributed by atoms with Crippen LogP contribution in [0, 0.1) is 0 Å². The van der Waals surface area contributed by atoms with Gasteiger partial charge in [0.2, 0.25) is 0 Å². The van der Waals surface area contributed by atoms with Gasteiger partial charge in [-0.2, -0.15) is 0 Å². The maximum atomic E-state index is 5.94. The fraction of sp³-hybridized carbons (Fsp3) is 0. The Bertz CT molecular complexity index is 938. The lowest BCUT2D eigenvalue weighted by Gasteiger charge is -2.09. The van der Waals surface area contributed by atoms with Gasteiger partial charge in [0.25, 0.3) is 0 Å². The summed E-state index contributed by atoms with van der Waals surface area (Å²) in [6.45, 7) is 0. The minimum Gasteiger partial charge on any atom is -0.399 e. The molecule has 0 unspecified atom stereocenters. The highest BCUT2D eigenvalue weighted by atomic mass is 14.9. The van der Waals surface area contributed by atoms with Crippen molar-refractivity contribution in [3.8, 4) is 33.9 Å². The van der Waals surface area contributed by atoms with Gasteiger partial charge in [0.05, 0.1) is 11.4 Å². The second kappa shape index (κ2) is 6.57. The van der Waals surface area contributed by atoms with Gasteiger partial charge in [-0.15, -0.1) is 0 Å². The largest absolute Gasteiger partial charge is 0.399 e. The molecule has 0 fully saturated rings. The number of nitrogens with zero attached hydrogens (tertiary/aromatic N) is 2. The Labute approximate surface area is 146 Å². The van der Waals surface area contributed by atoms with Crippen LogP contribution in [0.3, 0.4) is 0 Å². The fourth-order valence-corrected chi connectivity index (χ4v) is 2.77. The summed E-state index contributed by atoms with van der Waals surface area (Å²) >= 11 is 0. The van der Waals surface area contributed by atoms with Crippen molar-refractivity contribution in [3.63, 3.8) is 0 Å². The molecule has 3 aromatic carbocycles. The number of benzene rings is 3. The molecular formula is C22H17N3. The van der Waals surface area contributed by atoms with Crippen LogP contribution in [0.4, 0.5) is 5.69 Å². The summed E-state index contributed by atoms with van der Waals surface area (Å²) in [6, 6.07) is 30.0. The zero-order valence-corrected chi connectivity index (χ0v) is 13.6. The van der Waals surface area contributed by atoms with E-state index in [0.29, 0.717) is 11.5 Å². The van der Waals surface area contributed by atoms with Crippen molar-refractivity contribution in [1.29, 1.82) is 0 Å². The van der Waals surface area contributed by atoms with E-state index in [1.54, 1.807) is 0 Å². The van der Waals surface area contributed by atoms with Crippen LogP contribution in [0.2, 0.25) is 0 Å². The summed E-state index contributed by atoms with van der Waals surface area (Å²) in [5, 5.41) is 0. The molecule has 2 N–H and O–H groups in total. The van der Waals surface area contributed by atoms with Gasteiger partial charge in [-0.1, -0.05) is 72.8 Å². The van der Waals surface area contributed by atoms with Crippen molar-refractivity contribution in [3.05, 3.63) is 91.0 Å². The van der Waals surface area contributed by atoms with E-state index in [1.807, 2.05) is 66.7 Å². The smallest absolute Gasteiger partial charge is 0.160 e. The van der Waals surface area contributed by atoms with Crippen LogP contribution in [-0.4, -0.2) is 9.97 Å². The average molecular weight is 323 g/mol. The number of hydrogen-bond acceptors (Lipinski definition) is 3. The van der Waals surface area contributed by atoms with E-state index in [4.69, 9.17) is 15.7 Å². The maximum Gasteiger partial charge on any atom is 0.160 e. The van der Waals surface area contributed by atoms with Crippen LogP contribution in [0.5, 0.6) is 0 Å². The first kappa shape index (κ1) is 15.1. The molecule has 0 spiro atoms. The number of hydrogen-bond donors (Lipinski definition) is 1. The molecule has 4 aromatic rings. The molecule has 0 amide bonds. The Morgan fingerprint density at radius 2 is 1.04 bits per heavy atom. The summed E-state index contributed by atoms with van der Waals surface area (Å²) in [7, 11) is 0. The fourth-order valence-electron chi connectivity index (χ4n) is 2.77. The number of nitrogens with two attached hydrogens (primary N) is 1. The Morgan fingerprint density at radius 1 is 0.520 bits per heavy atom. The van der Waals surface area contributed by atoms with Crippen molar-refractivity contribution in [2.45, 2.75) is 0 Å². The van der Waals surface area contributed by atoms with Crippen LogP contribution >= 0.6 is 0 Å². The van der Waals surface area contributed by atoms with Gasteiger partial charge in [-0.25, -0.2) is 9.97 Å². The molecule has 1 heterocycles. The Kier molecular flexibility index (Phi) is 3.97. The van der Waals surface area contributed by atoms with Crippen LogP contribution in [0.25, 0.3) is 33.9 Å². The van der Waals surface area contributed by atoms with Crippen LogP contribution in [0.1, 0.15) is 0 Å². The Balaban J connectivity index is 1.92. The first-order chi connectivity index (χ1) is 12.3. The van der Waals surface area contributed by atoms with E-state index in [-0.39, 0.29) is 0 Å². The monoisotopic (exact) mass is 323 g/mol. The molecule has 0 aliphatic heterocycles. The third-order valence-electron chi connectivity index (χ3n) is 4.01. The summed E-state index contributed by atoms with van der Waals surface area (Å²) in [4.78, 5) is 9.55. The van der Waals surface area contributed by atoms with E-state index >= 15 is 0 Å². The van der Waals surface area contributed by atoms with Gasteiger partial charge in [0, 0.05) is 22.4 Å².